The molecule has 0 unspecified atom stereocenters. The number of hydrogen-bond donors (Lipinski definition) is 1. The minimum Gasteiger partial charge on any atom is -0.493 e. The molecule has 0 bridgehead atoms. The van der Waals surface area contributed by atoms with Crippen molar-refractivity contribution in [3.63, 3.8) is 0 Å². The van der Waals surface area contributed by atoms with Gasteiger partial charge in [0.2, 0.25) is 5.91 Å². The summed E-state index contributed by atoms with van der Waals surface area (Å²) < 4.78 is 7.73. The number of aryl methyl sites for hydroxylation is 2. The molecule has 0 aliphatic carbocycles. The number of nitrogens with one attached hydrogen (secondary N) is 1. The third-order valence-corrected chi connectivity index (χ3v) is 4.13. The molecular weight excluding hydrogens is 290 g/mol. The molecule has 1 atom stereocenters. The molecule has 23 heavy (non-hydrogen) atoms. The van der Waals surface area contributed by atoms with E-state index in [-0.39, 0.29) is 11.8 Å². The van der Waals surface area contributed by atoms with Crippen LogP contribution in [-0.2, 0) is 11.8 Å². The van der Waals surface area contributed by atoms with E-state index in [0.717, 1.165) is 28.4 Å². The van der Waals surface area contributed by atoms with Crippen LogP contribution in [0.5, 0.6) is 5.75 Å². The predicted molar refractivity (Wildman–Crippen MR) is 89.8 cm³/mol. The first-order valence-electron chi connectivity index (χ1n) is 8.02. The van der Waals surface area contributed by atoms with Crippen LogP contribution in [0, 0.1) is 12.8 Å². The van der Waals surface area contributed by atoms with E-state index in [1.807, 2.05) is 32.2 Å². The Balaban J connectivity index is 2.04. The number of rotatable bonds is 4. The first-order chi connectivity index (χ1) is 11.0. The molecule has 2 aromatic rings. The third kappa shape index (κ3) is 2.96. The van der Waals surface area contributed by atoms with Gasteiger partial charge in [0.15, 0.2) is 0 Å². The average Bonchev–Trinajstić information content (AvgIpc) is 2.79. The largest absolute Gasteiger partial charge is 0.493 e. The molecule has 1 aliphatic rings. The Morgan fingerprint density at radius 3 is 2.87 bits per heavy atom. The van der Waals surface area contributed by atoms with Gasteiger partial charge in [0.1, 0.15) is 11.6 Å². The highest BCUT2D eigenvalue weighted by Gasteiger charge is 2.33. The van der Waals surface area contributed by atoms with Crippen molar-refractivity contribution in [2.24, 2.45) is 13.0 Å². The van der Waals surface area contributed by atoms with Gasteiger partial charge in [-0.25, -0.2) is 0 Å². The molecule has 0 saturated heterocycles. The number of fused-ring (bicyclic) bond motifs is 1. The van der Waals surface area contributed by atoms with Crippen molar-refractivity contribution in [3.8, 4) is 5.75 Å². The Bertz CT molecular complexity index is 734. The molecule has 3 rings (SSSR count). The molecule has 0 fully saturated rings. The molecule has 1 aromatic carbocycles. The lowest BCUT2D eigenvalue weighted by Gasteiger charge is -2.26. The first kappa shape index (κ1) is 15.6. The summed E-state index contributed by atoms with van der Waals surface area (Å²) in [5.41, 5.74) is 3.10. The number of hydrogen-bond acceptors (Lipinski definition) is 3. The number of carbonyl (C=O) groups excluding carboxylic acids is 1. The molecule has 1 aromatic heterocycles. The Kier molecular flexibility index (Phi) is 4.11. The molecule has 0 spiro atoms. The van der Waals surface area contributed by atoms with Crippen molar-refractivity contribution in [1.29, 1.82) is 0 Å². The van der Waals surface area contributed by atoms with Gasteiger partial charge in [0.05, 0.1) is 12.3 Å². The van der Waals surface area contributed by atoms with Crippen molar-refractivity contribution < 1.29 is 9.53 Å². The summed E-state index contributed by atoms with van der Waals surface area (Å²) in [5.74, 6) is 2.10. The summed E-state index contributed by atoms with van der Waals surface area (Å²) in [4.78, 5) is 12.2. The molecule has 0 radical (unpaired) electrons. The van der Waals surface area contributed by atoms with E-state index < -0.39 is 0 Å². The molecule has 2 heterocycles. The lowest BCUT2D eigenvalue weighted by Crippen LogP contribution is -2.25. The Morgan fingerprint density at radius 1 is 1.39 bits per heavy atom. The monoisotopic (exact) mass is 313 g/mol. The van der Waals surface area contributed by atoms with Gasteiger partial charge in [-0.3, -0.25) is 9.48 Å². The zero-order valence-corrected chi connectivity index (χ0v) is 14.1. The van der Waals surface area contributed by atoms with E-state index in [9.17, 15) is 4.79 Å². The molecular formula is C18H23N3O2. The molecule has 1 aliphatic heterocycles. The zero-order chi connectivity index (χ0) is 16.6. The zero-order valence-electron chi connectivity index (χ0n) is 14.1. The highest BCUT2D eigenvalue weighted by Crippen LogP contribution is 2.42. The highest BCUT2D eigenvalue weighted by molar-refractivity contribution is 5.94. The lowest BCUT2D eigenvalue weighted by atomic mass is 9.85. The number of carbonyl (C=O) groups is 1. The quantitative estimate of drug-likeness (QED) is 0.943. The van der Waals surface area contributed by atoms with Crippen LogP contribution in [0.25, 0.3) is 0 Å². The van der Waals surface area contributed by atoms with Gasteiger partial charge in [-0.15, -0.1) is 0 Å². The molecule has 1 N–H and O–H groups in total. The van der Waals surface area contributed by atoms with Gasteiger partial charge in [-0.1, -0.05) is 32.0 Å². The van der Waals surface area contributed by atoms with Crippen molar-refractivity contribution in [2.75, 3.05) is 11.9 Å². The summed E-state index contributed by atoms with van der Waals surface area (Å²) in [6.45, 7) is 6.90. The van der Waals surface area contributed by atoms with Gasteiger partial charge < -0.3 is 10.1 Å². The number of para-hydroxylation sites is 1. The first-order valence-corrected chi connectivity index (χ1v) is 8.02. The van der Waals surface area contributed by atoms with Crippen LogP contribution >= 0.6 is 0 Å². The second-order valence-electron chi connectivity index (χ2n) is 6.52. The second-order valence-corrected chi connectivity index (χ2v) is 6.52. The minimum absolute atomic E-state index is 0.0177. The highest BCUT2D eigenvalue weighted by atomic mass is 16.5. The van der Waals surface area contributed by atoms with E-state index >= 15 is 0 Å². The second kappa shape index (κ2) is 6.07. The van der Waals surface area contributed by atoms with Crippen molar-refractivity contribution in [1.82, 2.24) is 9.78 Å². The summed E-state index contributed by atoms with van der Waals surface area (Å²) in [5, 5.41) is 7.41. The Morgan fingerprint density at radius 2 is 2.13 bits per heavy atom. The number of amides is 1. The van der Waals surface area contributed by atoms with E-state index in [1.165, 1.54) is 0 Å². The fraction of sp³-hybridized carbons (Fsp3) is 0.444. The summed E-state index contributed by atoms with van der Waals surface area (Å²) in [7, 11) is 1.86. The maximum absolute atomic E-state index is 12.2. The standard InChI is InChI=1S/C18H23N3O2/c1-11(2)10-23-15-8-6-5-7-13(15)14-9-16(22)19-18-17(14)12(3)20-21(18)4/h5-8,11,14H,9-10H2,1-4H3,(H,19,22)/t14-/m0/s1. The summed E-state index contributed by atoms with van der Waals surface area (Å²) >= 11 is 0. The third-order valence-electron chi connectivity index (χ3n) is 4.13. The van der Waals surface area contributed by atoms with Crippen LogP contribution in [0.15, 0.2) is 24.3 Å². The molecule has 1 amide bonds. The number of aromatic nitrogens is 2. The van der Waals surface area contributed by atoms with Crippen LogP contribution in [0.3, 0.4) is 0 Å². The molecule has 5 heteroatoms. The fourth-order valence-corrected chi connectivity index (χ4v) is 3.13. The van der Waals surface area contributed by atoms with Crippen LogP contribution in [0.2, 0.25) is 0 Å². The van der Waals surface area contributed by atoms with Crippen LogP contribution in [0.1, 0.15) is 43.0 Å². The summed E-state index contributed by atoms with van der Waals surface area (Å²) in [6, 6.07) is 8.00. The minimum atomic E-state index is -0.0178. The van der Waals surface area contributed by atoms with E-state index in [0.29, 0.717) is 18.9 Å². The predicted octanol–water partition coefficient (Wildman–Crippen LogP) is 3.24. The lowest BCUT2D eigenvalue weighted by molar-refractivity contribution is -0.116. The molecule has 0 saturated carbocycles. The van der Waals surface area contributed by atoms with E-state index in [2.05, 4.69) is 30.3 Å². The maximum atomic E-state index is 12.2. The summed E-state index contributed by atoms with van der Waals surface area (Å²) in [6.07, 6.45) is 0.418. The fourth-order valence-electron chi connectivity index (χ4n) is 3.13. The molecule has 122 valence electrons. The average molecular weight is 313 g/mol. The number of nitrogens with zero attached hydrogens (tertiary/aromatic N) is 2. The van der Waals surface area contributed by atoms with Crippen LogP contribution < -0.4 is 10.1 Å². The van der Waals surface area contributed by atoms with Crippen LogP contribution in [-0.4, -0.2) is 22.3 Å². The van der Waals surface area contributed by atoms with Gasteiger partial charge >= 0.3 is 0 Å². The Hall–Kier alpha value is -2.30. The molecule has 5 nitrogen and oxygen atoms in total. The SMILES string of the molecule is Cc1nn(C)c2c1[C@H](c1ccccc1OCC(C)C)CC(=O)N2. The van der Waals surface area contributed by atoms with Crippen molar-refractivity contribution in [3.05, 3.63) is 41.1 Å². The van der Waals surface area contributed by atoms with Gasteiger partial charge in [0, 0.05) is 30.5 Å². The topological polar surface area (TPSA) is 56.2 Å². The normalized spacial score (nSPS) is 17.1. The number of ether oxygens (including phenoxy) is 1. The van der Waals surface area contributed by atoms with Gasteiger partial charge in [0.25, 0.3) is 0 Å². The van der Waals surface area contributed by atoms with Crippen molar-refractivity contribution in [2.45, 2.75) is 33.1 Å². The van der Waals surface area contributed by atoms with Gasteiger partial charge in [-0.2, -0.15) is 5.10 Å². The van der Waals surface area contributed by atoms with Gasteiger partial charge in [-0.05, 0) is 18.9 Å². The van der Waals surface area contributed by atoms with Crippen molar-refractivity contribution >= 4 is 11.7 Å². The van der Waals surface area contributed by atoms with Crippen LogP contribution in [0.4, 0.5) is 5.82 Å². The van der Waals surface area contributed by atoms with E-state index in [4.69, 9.17) is 4.74 Å². The number of anilines is 1. The number of benzene rings is 1. The smallest absolute Gasteiger partial charge is 0.226 e. The Labute approximate surface area is 136 Å². The van der Waals surface area contributed by atoms with E-state index in [1.54, 1.807) is 4.68 Å². The maximum Gasteiger partial charge on any atom is 0.226 e.